The van der Waals surface area contributed by atoms with Crippen molar-refractivity contribution in [3.63, 3.8) is 0 Å². The average molecular weight is 409 g/mol. The van der Waals surface area contributed by atoms with E-state index in [1.807, 2.05) is 0 Å². The van der Waals surface area contributed by atoms with Gasteiger partial charge in [-0.25, -0.2) is 10.4 Å². The first-order valence-corrected chi connectivity index (χ1v) is 11.6. The standard InChI is InChI=1S/C24H32N4O2/c29-23(27-26-19-11-8-6-4-2-1-3-5-7-9-12-19)18-14-15-20-21(17-18)25-22-13-10-16-28(22)24(20)30/h14-15,17H,1-13,16H2,(H,27,29). The lowest BCUT2D eigenvalue weighted by atomic mass is 10.00. The van der Waals surface area contributed by atoms with Gasteiger partial charge >= 0.3 is 0 Å². The second-order valence-electron chi connectivity index (χ2n) is 8.62. The van der Waals surface area contributed by atoms with Crippen molar-refractivity contribution in [1.29, 1.82) is 0 Å². The third kappa shape index (κ3) is 4.97. The van der Waals surface area contributed by atoms with Gasteiger partial charge in [-0.3, -0.25) is 14.2 Å². The van der Waals surface area contributed by atoms with Crippen molar-refractivity contribution < 1.29 is 4.79 Å². The third-order valence-corrected chi connectivity index (χ3v) is 6.32. The van der Waals surface area contributed by atoms with E-state index >= 15 is 0 Å². The molecule has 1 fully saturated rings. The summed E-state index contributed by atoms with van der Waals surface area (Å²) in [5, 5.41) is 5.05. The molecule has 0 bridgehead atoms. The molecule has 1 amide bonds. The number of hydrazone groups is 1. The lowest BCUT2D eigenvalue weighted by Crippen LogP contribution is -2.22. The van der Waals surface area contributed by atoms with Gasteiger partial charge in [0.1, 0.15) is 5.82 Å². The Labute approximate surface area is 177 Å². The van der Waals surface area contributed by atoms with Gasteiger partial charge in [0.25, 0.3) is 11.5 Å². The van der Waals surface area contributed by atoms with E-state index in [1.165, 1.54) is 44.9 Å². The van der Waals surface area contributed by atoms with E-state index in [4.69, 9.17) is 0 Å². The second kappa shape index (κ2) is 10.0. The van der Waals surface area contributed by atoms with Crippen LogP contribution in [0.1, 0.15) is 93.2 Å². The number of aryl methyl sites for hydroxylation is 1. The van der Waals surface area contributed by atoms with Crippen LogP contribution in [0.15, 0.2) is 28.1 Å². The molecule has 2 aliphatic rings. The van der Waals surface area contributed by atoms with Crippen LogP contribution in [0, 0.1) is 0 Å². The summed E-state index contributed by atoms with van der Waals surface area (Å²) < 4.78 is 1.75. The fourth-order valence-electron chi connectivity index (χ4n) is 4.55. The average Bonchev–Trinajstić information content (AvgIpc) is 3.22. The Bertz CT molecular complexity index is 979. The topological polar surface area (TPSA) is 76.3 Å². The van der Waals surface area contributed by atoms with E-state index in [0.717, 1.165) is 56.6 Å². The van der Waals surface area contributed by atoms with Crippen LogP contribution < -0.4 is 11.0 Å². The molecule has 1 aromatic heterocycles. The summed E-state index contributed by atoms with van der Waals surface area (Å²) >= 11 is 0. The number of fused-ring (bicyclic) bond motifs is 2. The predicted molar refractivity (Wildman–Crippen MR) is 120 cm³/mol. The van der Waals surface area contributed by atoms with Crippen LogP contribution in [0.3, 0.4) is 0 Å². The molecule has 4 rings (SSSR count). The second-order valence-corrected chi connectivity index (χ2v) is 8.62. The number of hydrogen-bond acceptors (Lipinski definition) is 4. The minimum absolute atomic E-state index is 0.00655. The molecular formula is C24H32N4O2. The Kier molecular flexibility index (Phi) is 6.92. The maximum atomic E-state index is 12.7. The van der Waals surface area contributed by atoms with Gasteiger partial charge < -0.3 is 0 Å². The van der Waals surface area contributed by atoms with Crippen molar-refractivity contribution >= 4 is 22.5 Å². The number of aromatic nitrogens is 2. The van der Waals surface area contributed by atoms with Gasteiger partial charge in [0.05, 0.1) is 10.9 Å². The Morgan fingerprint density at radius 2 is 1.57 bits per heavy atom. The van der Waals surface area contributed by atoms with Crippen LogP contribution in [0.4, 0.5) is 0 Å². The molecule has 0 unspecified atom stereocenters. The van der Waals surface area contributed by atoms with E-state index < -0.39 is 0 Å². The van der Waals surface area contributed by atoms with Crippen LogP contribution in [-0.2, 0) is 13.0 Å². The van der Waals surface area contributed by atoms with Crippen LogP contribution in [0.25, 0.3) is 10.9 Å². The number of amides is 1. The Hall–Kier alpha value is -2.50. The number of nitrogens with one attached hydrogen (secondary N) is 1. The molecule has 0 spiro atoms. The molecule has 0 radical (unpaired) electrons. The number of hydrogen-bond donors (Lipinski definition) is 1. The zero-order valence-electron chi connectivity index (χ0n) is 17.8. The minimum Gasteiger partial charge on any atom is -0.296 e. The molecule has 0 saturated heterocycles. The fourth-order valence-corrected chi connectivity index (χ4v) is 4.55. The summed E-state index contributed by atoms with van der Waals surface area (Å²) in [6.07, 6.45) is 15.1. The van der Waals surface area contributed by atoms with Crippen molar-refractivity contribution in [1.82, 2.24) is 15.0 Å². The molecule has 1 aromatic carbocycles. The van der Waals surface area contributed by atoms with E-state index in [9.17, 15) is 9.59 Å². The lowest BCUT2D eigenvalue weighted by Gasteiger charge is -2.10. The third-order valence-electron chi connectivity index (χ3n) is 6.32. The highest BCUT2D eigenvalue weighted by molar-refractivity contribution is 5.98. The first-order chi connectivity index (χ1) is 14.7. The molecule has 0 atom stereocenters. The van der Waals surface area contributed by atoms with Crippen LogP contribution in [0.5, 0.6) is 0 Å². The van der Waals surface area contributed by atoms with Gasteiger partial charge in [0.2, 0.25) is 0 Å². The van der Waals surface area contributed by atoms with Gasteiger partial charge in [-0.2, -0.15) is 5.10 Å². The van der Waals surface area contributed by atoms with Gasteiger partial charge in [-0.05, 0) is 50.3 Å². The largest absolute Gasteiger partial charge is 0.296 e. The molecule has 1 aliphatic heterocycles. The van der Waals surface area contributed by atoms with E-state index in [0.29, 0.717) is 16.5 Å². The van der Waals surface area contributed by atoms with E-state index in [1.54, 1.807) is 22.8 Å². The Balaban J connectivity index is 1.46. The lowest BCUT2D eigenvalue weighted by molar-refractivity contribution is 0.0954. The quantitative estimate of drug-likeness (QED) is 0.730. The minimum atomic E-state index is -0.238. The number of benzene rings is 1. The zero-order chi connectivity index (χ0) is 20.8. The summed E-state index contributed by atoms with van der Waals surface area (Å²) in [5.41, 5.74) is 4.93. The van der Waals surface area contributed by atoms with Crippen molar-refractivity contribution in [3.8, 4) is 0 Å². The number of carbonyl (C=O) groups is 1. The van der Waals surface area contributed by atoms with Crippen LogP contribution >= 0.6 is 0 Å². The molecule has 6 nitrogen and oxygen atoms in total. The number of carbonyl (C=O) groups excluding carboxylic acids is 1. The molecule has 2 aromatic rings. The van der Waals surface area contributed by atoms with Gasteiger partial charge in [-0.1, -0.05) is 44.9 Å². The number of nitrogens with zero attached hydrogens (tertiary/aromatic N) is 3. The smallest absolute Gasteiger partial charge is 0.271 e. The monoisotopic (exact) mass is 408 g/mol. The highest BCUT2D eigenvalue weighted by Crippen LogP contribution is 2.17. The molecule has 160 valence electrons. The summed E-state index contributed by atoms with van der Waals surface area (Å²) in [7, 11) is 0. The Morgan fingerprint density at radius 1 is 0.900 bits per heavy atom. The molecule has 6 heteroatoms. The highest BCUT2D eigenvalue weighted by Gasteiger charge is 2.17. The normalized spacial score (nSPS) is 18.3. The molecule has 30 heavy (non-hydrogen) atoms. The van der Waals surface area contributed by atoms with E-state index in [2.05, 4.69) is 15.5 Å². The maximum Gasteiger partial charge on any atom is 0.271 e. The van der Waals surface area contributed by atoms with Crippen molar-refractivity contribution in [2.75, 3.05) is 0 Å². The van der Waals surface area contributed by atoms with Gasteiger partial charge in [0.15, 0.2) is 0 Å². The summed E-state index contributed by atoms with van der Waals surface area (Å²) in [4.78, 5) is 29.9. The van der Waals surface area contributed by atoms with Crippen LogP contribution in [-0.4, -0.2) is 21.2 Å². The summed E-state index contributed by atoms with van der Waals surface area (Å²) in [5.74, 6) is 0.580. The first kappa shape index (κ1) is 20.8. The summed E-state index contributed by atoms with van der Waals surface area (Å²) in [6.45, 7) is 0.733. The van der Waals surface area contributed by atoms with Gasteiger partial charge in [0, 0.05) is 24.2 Å². The van der Waals surface area contributed by atoms with Crippen molar-refractivity contribution in [2.45, 2.75) is 90.0 Å². The van der Waals surface area contributed by atoms with Crippen molar-refractivity contribution in [3.05, 3.63) is 39.9 Å². The molecule has 1 aliphatic carbocycles. The Morgan fingerprint density at radius 3 is 2.27 bits per heavy atom. The number of rotatable bonds is 2. The molecule has 1 saturated carbocycles. The molecule has 1 N–H and O–H groups in total. The summed E-state index contributed by atoms with van der Waals surface area (Å²) in [6, 6.07) is 5.13. The zero-order valence-corrected chi connectivity index (χ0v) is 17.8. The SMILES string of the molecule is O=C(NN=C1CCCCCCCCCCC1)c1ccc2c(=O)n3c(nc2c1)CCC3. The molecule has 2 heterocycles. The predicted octanol–water partition coefficient (Wildman–Crippen LogP) is 4.73. The van der Waals surface area contributed by atoms with Crippen molar-refractivity contribution in [2.24, 2.45) is 5.10 Å². The van der Waals surface area contributed by atoms with Crippen LogP contribution in [0.2, 0.25) is 0 Å². The maximum absolute atomic E-state index is 12.7. The van der Waals surface area contributed by atoms with Gasteiger partial charge in [-0.15, -0.1) is 0 Å². The molecular weight excluding hydrogens is 376 g/mol. The fraction of sp³-hybridized carbons (Fsp3) is 0.583. The van der Waals surface area contributed by atoms with E-state index in [-0.39, 0.29) is 11.5 Å². The highest BCUT2D eigenvalue weighted by atomic mass is 16.2. The first-order valence-electron chi connectivity index (χ1n) is 11.6.